The summed E-state index contributed by atoms with van der Waals surface area (Å²) in [4.78, 5) is 19.7. The van der Waals surface area contributed by atoms with Crippen LogP contribution in [0.2, 0.25) is 0 Å². The van der Waals surface area contributed by atoms with Crippen molar-refractivity contribution in [3.63, 3.8) is 0 Å². The van der Waals surface area contributed by atoms with Crippen LogP contribution >= 0.6 is 15.9 Å². The Morgan fingerprint density at radius 3 is 2.80 bits per heavy atom. The minimum Gasteiger partial charge on any atom is -0.496 e. The van der Waals surface area contributed by atoms with Gasteiger partial charge < -0.3 is 9.47 Å². The smallest absolute Gasteiger partial charge is 0.376 e. The van der Waals surface area contributed by atoms with Crippen LogP contribution in [0.25, 0.3) is 11.3 Å². The maximum absolute atomic E-state index is 11.6. The number of rotatable bonds is 4. The summed E-state index contributed by atoms with van der Waals surface area (Å²) in [7, 11) is 1.60. The highest BCUT2D eigenvalue weighted by atomic mass is 79.9. The van der Waals surface area contributed by atoms with Gasteiger partial charge in [0.15, 0.2) is 0 Å². The topological polar surface area (TPSA) is 61.3 Å². The Morgan fingerprint density at radius 2 is 2.15 bits per heavy atom. The molecule has 1 aromatic carbocycles. The number of methoxy groups -OCH3 is 1. The molecule has 0 radical (unpaired) electrons. The molecule has 5 nitrogen and oxygen atoms in total. The van der Waals surface area contributed by atoms with Crippen molar-refractivity contribution in [3.8, 4) is 17.0 Å². The molecule has 0 N–H and O–H groups in total. The van der Waals surface area contributed by atoms with Crippen LogP contribution in [0, 0.1) is 0 Å². The number of hydrogen-bond acceptors (Lipinski definition) is 5. The fourth-order valence-corrected chi connectivity index (χ4v) is 2.18. The van der Waals surface area contributed by atoms with E-state index in [9.17, 15) is 4.79 Å². The van der Waals surface area contributed by atoms with Crippen molar-refractivity contribution < 1.29 is 14.3 Å². The lowest BCUT2D eigenvalue weighted by molar-refractivity contribution is 0.0512. The number of halogens is 1. The number of aromatic nitrogens is 2. The number of carbonyl (C=O) groups excluding carboxylic acids is 1. The van der Waals surface area contributed by atoms with Crippen LogP contribution < -0.4 is 4.74 Å². The molecular weight excluding hydrogens is 324 g/mol. The summed E-state index contributed by atoms with van der Waals surface area (Å²) in [5.41, 5.74) is 1.50. The molecule has 0 fully saturated rings. The first-order chi connectivity index (χ1) is 9.65. The first-order valence-electron chi connectivity index (χ1n) is 5.99. The van der Waals surface area contributed by atoms with Gasteiger partial charge in [-0.3, -0.25) is 0 Å². The standard InChI is InChI=1S/C14H13BrN2O3/c1-3-20-14(18)13-16-7-6-11(17-13)9-4-5-12(19-2)10(15)8-9/h4-8H,3H2,1-2H3. The van der Waals surface area contributed by atoms with E-state index in [0.717, 1.165) is 15.8 Å². The summed E-state index contributed by atoms with van der Waals surface area (Å²) in [6.45, 7) is 2.03. The van der Waals surface area contributed by atoms with Crippen molar-refractivity contribution in [3.05, 3.63) is 40.8 Å². The van der Waals surface area contributed by atoms with Crippen LogP contribution in [-0.4, -0.2) is 29.7 Å². The van der Waals surface area contributed by atoms with E-state index in [1.807, 2.05) is 18.2 Å². The average molecular weight is 337 g/mol. The molecular formula is C14H13BrN2O3. The molecule has 0 unspecified atom stereocenters. The van der Waals surface area contributed by atoms with Gasteiger partial charge in [0.25, 0.3) is 0 Å². The third-order valence-electron chi connectivity index (χ3n) is 2.56. The molecule has 104 valence electrons. The van der Waals surface area contributed by atoms with Crippen molar-refractivity contribution in [2.45, 2.75) is 6.92 Å². The van der Waals surface area contributed by atoms with Gasteiger partial charge in [-0.2, -0.15) is 0 Å². The summed E-state index contributed by atoms with van der Waals surface area (Å²) in [6.07, 6.45) is 1.53. The number of ether oxygens (including phenoxy) is 2. The summed E-state index contributed by atoms with van der Waals surface area (Å²) >= 11 is 3.42. The Bertz CT molecular complexity index is 632. The first-order valence-corrected chi connectivity index (χ1v) is 6.79. The molecule has 0 aliphatic heterocycles. The largest absolute Gasteiger partial charge is 0.496 e. The third kappa shape index (κ3) is 3.14. The summed E-state index contributed by atoms with van der Waals surface area (Å²) in [5, 5.41) is 0. The van der Waals surface area contributed by atoms with E-state index in [0.29, 0.717) is 12.3 Å². The molecule has 0 spiro atoms. The van der Waals surface area contributed by atoms with Gasteiger partial charge in [0.2, 0.25) is 5.82 Å². The van der Waals surface area contributed by atoms with Crippen LogP contribution in [0.4, 0.5) is 0 Å². The maximum atomic E-state index is 11.6. The van der Waals surface area contributed by atoms with E-state index < -0.39 is 5.97 Å². The predicted octanol–water partition coefficient (Wildman–Crippen LogP) is 3.09. The molecule has 20 heavy (non-hydrogen) atoms. The molecule has 6 heteroatoms. The number of esters is 1. The van der Waals surface area contributed by atoms with Crippen LogP contribution in [0.15, 0.2) is 34.9 Å². The second kappa shape index (κ2) is 6.47. The average Bonchev–Trinajstić information content (AvgIpc) is 2.47. The molecule has 0 saturated carbocycles. The molecule has 2 rings (SSSR count). The number of benzene rings is 1. The number of carbonyl (C=O) groups is 1. The Hall–Kier alpha value is -1.95. The van der Waals surface area contributed by atoms with Gasteiger partial charge in [-0.1, -0.05) is 0 Å². The molecule has 1 heterocycles. The lowest BCUT2D eigenvalue weighted by atomic mass is 10.1. The minimum absolute atomic E-state index is 0.0521. The summed E-state index contributed by atoms with van der Waals surface area (Å²) in [5.74, 6) is 0.256. The molecule has 0 amide bonds. The fraction of sp³-hybridized carbons (Fsp3) is 0.214. The summed E-state index contributed by atoms with van der Waals surface area (Å²) < 4.78 is 10.9. The molecule has 1 aromatic heterocycles. The first kappa shape index (κ1) is 14.5. The van der Waals surface area contributed by atoms with Crippen molar-refractivity contribution in [2.75, 3.05) is 13.7 Å². The highest BCUT2D eigenvalue weighted by Gasteiger charge is 2.12. The number of nitrogens with zero attached hydrogens (tertiary/aromatic N) is 2. The van der Waals surface area contributed by atoms with E-state index in [2.05, 4.69) is 25.9 Å². The zero-order valence-corrected chi connectivity index (χ0v) is 12.7. The lowest BCUT2D eigenvalue weighted by Gasteiger charge is -2.07. The maximum Gasteiger partial charge on any atom is 0.376 e. The fourth-order valence-electron chi connectivity index (χ4n) is 1.64. The van der Waals surface area contributed by atoms with Gasteiger partial charge in [0, 0.05) is 11.8 Å². The van der Waals surface area contributed by atoms with Crippen LogP contribution in [-0.2, 0) is 4.74 Å². The van der Waals surface area contributed by atoms with Crippen LogP contribution in [0.3, 0.4) is 0 Å². The zero-order chi connectivity index (χ0) is 14.5. The van der Waals surface area contributed by atoms with Gasteiger partial charge in [0.05, 0.1) is 23.9 Å². The van der Waals surface area contributed by atoms with E-state index in [1.165, 1.54) is 6.20 Å². The minimum atomic E-state index is -0.526. The number of hydrogen-bond donors (Lipinski definition) is 0. The molecule has 0 aliphatic rings. The lowest BCUT2D eigenvalue weighted by Crippen LogP contribution is -2.09. The summed E-state index contributed by atoms with van der Waals surface area (Å²) in [6, 6.07) is 7.29. The van der Waals surface area contributed by atoms with Crippen molar-refractivity contribution in [2.24, 2.45) is 0 Å². The molecule has 0 atom stereocenters. The second-order valence-electron chi connectivity index (χ2n) is 3.84. The highest BCUT2D eigenvalue weighted by Crippen LogP contribution is 2.29. The van der Waals surface area contributed by atoms with Crippen molar-refractivity contribution >= 4 is 21.9 Å². The van der Waals surface area contributed by atoms with E-state index in [4.69, 9.17) is 9.47 Å². The van der Waals surface area contributed by atoms with Crippen LogP contribution in [0.5, 0.6) is 5.75 Å². The second-order valence-corrected chi connectivity index (χ2v) is 4.69. The SMILES string of the molecule is CCOC(=O)c1nccc(-c2ccc(OC)c(Br)c2)n1. The van der Waals surface area contributed by atoms with Crippen LogP contribution in [0.1, 0.15) is 17.5 Å². The molecule has 0 saturated heterocycles. The van der Waals surface area contributed by atoms with Gasteiger partial charge in [-0.05, 0) is 47.1 Å². The van der Waals surface area contributed by atoms with Gasteiger partial charge in [-0.15, -0.1) is 0 Å². The zero-order valence-electron chi connectivity index (χ0n) is 11.1. The van der Waals surface area contributed by atoms with E-state index >= 15 is 0 Å². The Balaban J connectivity index is 2.36. The monoisotopic (exact) mass is 336 g/mol. The molecule has 2 aromatic rings. The molecule has 0 bridgehead atoms. The van der Waals surface area contributed by atoms with Crippen molar-refractivity contribution in [1.29, 1.82) is 0 Å². The Kier molecular flexibility index (Phi) is 4.68. The van der Waals surface area contributed by atoms with Gasteiger partial charge in [-0.25, -0.2) is 14.8 Å². The van der Waals surface area contributed by atoms with Gasteiger partial charge >= 0.3 is 5.97 Å². The molecule has 0 aliphatic carbocycles. The normalized spacial score (nSPS) is 10.2. The quantitative estimate of drug-likeness (QED) is 0.803. The van der Waals surface area contributed by atoms with Gasteiger partial charge in [0.1, 0.15) is 5.75 Å². The van der Waals surface area contributed by atoms with E-state index in [-0.39, 0.29) is 5.82 Å². The van der Waals surface area contributed by atoms with E-state index in [1.54, 1.807) is 20.1 Å². The predicted molar refractivity (Wildman–Crippen MR) is 77.7 cm³/mol. The third-order valence-corrected chi connectivity index (χ3v) is 3.18. The Morgan fingerprint density at radius 1 is 1.35 bits per heavy atom. The van der Waals surface area contributed by atoms with Crippen molar-refractivity contribution in [1.82, 2.24) is 9.97 Å². The highest BCUT2D eigenvalue weighted by molar-refractivity contribution is 9.10. The Labute approximate surface area is 125 Å².